The molecule has 3 heterocycles. The number of amides is 2. The van der Waals surface area contributed by atoms with Crippen LogP contribution >= 0.6 is 11.8 Å². The van der Waals surface area contributed by atoms with Gasteiger partial charge in [-0.3, -0.25) is 14.5 Å². The number of para-hydroxylation sites is 1. The molecule has 0 aliphatic carbocycles. The standard InChI is InChI=1S/C20H25N5O3S/c1-14-4-2-3-5-17(14)25-18(15-12-29-13-16(15)23-25)22-20(27)19(26)21-6-7-24-8-10-28-11-9-24/h2-5H,6-13H2,1H3,(H,21,26)(H,22,27). The highest BCUT2D eigenvalue weighted by Crippen LogP contribution is 2.36. The van der Waals surface area contributed by atoms with Crippen LogP contribution in [0.15, 0.2) is 24.3 Å². The summed E-state index contributed by atoms with van der Waals surface area (Å²) in [5.41, 5.74) is 3.90. The molecule has 1 aromatic heterocycles. The van der Waals surface area contributed by atoms with Gasteiger partial charge in [0.2, 0.25) is 0 Å². The number of hydrogen-bond donors (Lipinski definition) is 2. The third-order valence-corrected chi connectivity index (χ3v) is 6.12. The zero-order chi connectivity index (χ0) is 20.2. The number of fused-ring (bicyclic) bond motifs is 1. The lowest BCUT2D eigenvalue weighted by Gasteiger charge is -2.26. The number of thioether (sulfide) groups is 1. The molecule has 1 fully saturated rings. The predicted octanol–water partition coefficient (Wildman–Crippen LogP) is 1.31. The number of carbonyl (C=O) groups excluding carboxylic acids is 2. The van der Waals surface area contributed by atoms with Crippen LogP contribution in [0.25, 0.3) is 5.69 Å². The van der Waals surface area contributed by atoms with Crippen molar-refractivity contribution in [3.63, 3.8) is 0 Å². The number of benzene rings is 1. The lowest BCUT2D eigenvalue weighted by molar-refractivity contribution is -0.136. The summed E-state index contributed by atoms with van der Waals surface area (Å²) in [6.07, 6.45) is 0. The summed E-state index contributed by atoms with van der Waals surface area (Å²) in [5.74, 6) is 0.877. The molecule has 0 unspecified atom stereocenters. The number of carbonyl (C=O) groups is 2. The minimum absolute atomic E-state index is 0.428. The smallest absolute Gasteiger partial charge is 0.314 e. The van der Waals surface area contributed by atoms with Crippen molar-refractivity contribution in [3.05, 3.63) is 41.1 Å². The molecule has 2 aromatic rings. The minimum atomic E-state index is -0.665. The minimum Gasteiger partial charge on any atom is -0.379 e. The molecule has 4 rings (SSSR count). The molecule has 9 heteroatoms. The lowest BCUT2D eigenvalue weighted by atomic mass is 10.2. The number of hydrogen-bond acceptors (Lipinski definition) is 6. The van der Waals surface area contributed by atoms with Gasteiger partial charge in [0.1, 0.15) is 5.82 Å². The SMILES string of the molecule is Cc1ccccc1-n1nc2c(c1NC(=O)C(=O)NCCN1CCOCC1)CSC2. The molecule has 1 aromatic carbocycles. The molecule has 29 heavy (non-hydrogen) atoms. The Balaban J connectivity index is 1.43. The fraction of sp³-hybridized carbons (Fsp3) is 0.450. The van der Waals surface area contributed by atoms with Crippen molar-refractivity contribution >= 4 is 29.4 Å². The van der Waals surface area contributed by atoms with Gasteiger partial charge in [-0.25, -0.2) is 4.68 Å². The van der Waals surface area contributed by atoms with Crippen LogP contribution in [0.5, 0.6) is 0 Å². The first-order chi connectivity index (χ1) is 14.1. The Bertz CT molecular complexity index is 908. The van der Waals surface area contributed by atoms with E-state index in [-0.39, 0.29) is 0 Å². The molecule has 8 nitrogen and oxygen atoms in total. The highest BCUT2D eigenvalue weighted by Gasteiger charge is 2.26. The second-order valence-corrected chi connectivity index (χ2v) is 8.11. The maximum absolute atomic E-state index is 12.6. The Labute approximate surface area is 174 Å². The van der Waals surface area contributed by atoms with E-state index in [9.17, 15) is 9.59 Å². The van der Waals surface area contributed by atoms with Crippen LogP contribution in [0.1, 0.15) is 16.8 Å². The number of aromatic nitrogens is 2. The average molecular weight is 416 g/mol. The summed E-state index contributed by atoms with van der Waals surface area (Å²) in [5, 5.41) is 10.2. The van der Waals surface area contributed by atoms with E-state index in [2.05, 4.69) is 20.6 Å². The molecule has 0 saturated carbocycles. The number of morpholine rings is 1. The van der Waals surface area contributed by atoms with E-state index in [4.69, 9.17) is 4.74 Å². The number of anilines is 1. The van der Waals surface area contributed by atoms with E-state index in [1.807, 2.05) is 31.2 Å². The van der Waals surface area contributed by atoms with Gasteiger partial charge in [-0.2, -0.15) is 16.9 Å². The molecule has 0 radical (unpaired) electrons. The maximum atomic E-state index is 12.6. The highest BCUT2D eigenvalue weighted by molar-refractivity contribution is 7.98. The monoisotopic (exact) mass is 415 g/mol. The van der Waals surface area contributed by atoms with Crippen molar-refractivity contribution in [2.24, 2.45) is 0 Å². The summed E-state index contributed by atoms with van der Waals surface area (Å²) in [7, 11) is 0. The number of ether oxygens (including phenoxy) is 1. The van der Waals surface area contributed by atoms with Gasteiger partial charge in [-0.1, -0.05) is 18.2 Å². The van der Waals surface area contributed by atoms with Gasteiger partial charge in [0, 0.05) is 43.2 Å². The van der Waals surface area contributed by atoms with Crippen molar-refractivity contribution < 1.29 is 14.3 Å². The Kier molecular flexibility index (Phi) is 6.17. The second-order valence-electron chi connectivity index (χ2n) is 7.13. The first kappa shape index (κ1) is 19.9. The van der Waals surface area contributed by atoms with Crippen molar-refractivity contribution in [2.75, 3.05) is 44.7 Å². The van der Waals surface area contributed by atoms with Gasteiger partial charge in [-0.05, 0) is 18.6 Å². The fourth-order valence-electron chi connectivity index (χ4n) is 3.51. The summed E-state index contributed by atoms with van der Waals surface area (Å²) in [4.78, 5) is 27.1. The summed E-state index contributed by atoms with van der Waals surface area (Å²) in [6.45, 7) is 6.25. The van der Waals surface area contributed by atoms with E-state index in [0.717, 1.165) is 47.1 Å². The van der Waals surface area contributed by atoms with Crippen molar-refractivity contribution in [1.29, 1.82) is 0 Å². The Hall–Kier alpha value is -2.36. The summed E-state index contributed by atoms with van der Waals surface area (Å²) >= 11 is 1.75. The topological polar surface area (TPSA) is 88.5 Å². The van der Waals surface area contributed by atoms with Gasteiger partial charge >= 0.3 is 11.8 Å². The second kappa shape index (κ2) is 8.98. The van der Waals surface area contributed by atoms with Crippen LogP contribution in [-0.2, 0) is 25.8 Å². The third kappa shape index (κ3) is 4.47. The molecule has 2 N–H and O–H groups in total. The largest absolute Gasteiger partial charge is 0.379 e. The van der Waals surface area contributed by atoms with E-state index in [1.165, 1.54) is 0 Å². The molecule has 2 aliphatic rings. The van der Waals surface area contributed by atoms with E-state index in [1.54, 1.807) is 16.4 Å². The van der Waals surface area contributed by atoms with Crippen LogP contribution in [0.3, 0.4) is 0 Å². The number of aryl methyl sites for hydroxylation is 1. The van der Waals surface area contributed by atoms with Gasteiger partial charge < -0.3 is 15.4 Å². The normalized spacial score (nSPS) is 16.4. The van der Waals surface area contributed by atoms with Crippen molar-refractivity contribution in [2.45, 2.75) is 18.4 Å². The highest BCUT2D eigenvalue weighted by atomic mass is 32.2. The number of nitrogens with one attached hydrogen (secondary N) is 2. The Morgan fingerprint density at radius 3 is 2.76 bits per heavy atom. The van der Waals surface area contributed by atoms with Crippen LogP contribution < -0.4 is 10.6 Å². The van der Waals surface area contributed by atoms with Gasteiger partial charge in [-0.15, -0.1) is 0 Å². The zero-order valence-electron chi connectivity index (χ0n) is 16.4. The molecular weight excluding hydrogens is 390 g/mol. The quantitative estimate of drug-likeness (QED) is 0.716. The first-order valence-electron chi connectivity index (χ1n) is 9.77. The van der Waals surface area contributed by atoms with Crippen molar-refractivity contribution in [3.8, 4) is 5.69 Å². The number of nitrogens with zero attached hydrogens (tertiary/aromatic N) is 3. The van der Waals surface area contributed by atoms with Crippen molar-refractivity contribution in [1.82, 2.24) is 20.0 Å². The molecule has 0 bridgehead atoms. The Morgan fingerprint density at radius 1 is 1.17 bits per heavy atom. The van der Waals surface area contributed by atoms with Crippen LogP contribution in [0.2, 0.25) is 0 Å². The average Bonchev–Trinajstić information content (AvgIpc) is 3.32. The number of rotatable bonds is 5. The predicted molar refractivity (Wildman–Crippen MR) is 112 cm³/mol. The maximum Gasteiger partial charge on any atom is 0.314 e. The molecule has 1 saturated heterocycles. The third-order valence-electron chi connectivity index (χ3n) is 5.15. The van der Waals surface area contributed by atoms with Crippen LogP contribution in [0.4, 0.5) is 5.82 Å². The Morgan fingerprint density at radius 2 is 1.97 bits per heavy atom. The summed E-state index contributed by atoms with van der Waals surface area (Å²) in [6, 6.07) is 7.86. The van der Waals surface area contributed by atoms with E-state index < -0.39 is 11.8 Å². The first-order valence-corrected chi connectivity index (χ1v) is 10.9. The van der Waals surface area contributed by atoms with Gasteiger partial charge in [0.15, 0.2) is 0 Å². The zero-order valence-corrected chi connectivity index (χ0v) is 17.3. The summed E-state index contributed by atoms with van der Waals surface area (Å²) < 4.78 is 7.06. The molecule has 2 amide bonds. The van der Waals surface area contributed by atoms with Crippen LogP contribution in [0, 0.1) is 6.92 Å². The van der Waals surface area contributed by atoms with E-state index in [0.29, 0.717) is 32.1 Å². The van der Waals surface area contributed by atoms with E-state index >= 15 is 0 Å². The van der Waals surface area contributed by atoms with Gasteiger partial charge in [0.25, 0.3) is 0 Å². The lowest BCUT2D eigenvalue weighted by Crippen LogP contribution is -2.43. The fourth-order valence-corrected chi connectivity index (χ4v) is 4.55. The molecule has 2 aliphatic heterocycles. The van der Waals surface area contributed by atoms with Gasteiger partial charge in [0.05, 0.1) is 24.6 Å². The molecule has 0 spiro atoms. The molecule has 0 atom stereocenters. The van der Waals surface area contributed by atoms with Crippen LogP contribution in [-0.4, -0.2) is 65.9 Å². The molecular formula is C20H25N5O3S. The molecule has 154 valence electrons.